The van der Waals surface area contributed by atoms with E-state index in [1.54, 1.807) is 21.3 Å². The molecule has 1 radical (unpaired) electrons. The van der Waals surface area contributed by atoms with Crippen molar-refractivity contribution in [1.82, 2.24) is 0 Å². The van der Waals surface area contributed by atoms with Crippen LogP contribution in [0.2, 0.25) is 0 Å². The molecule has 0 unspecified atom stereocenters. The fraction of sp³-hybridized carbons (Fsp3) is 0.333. The minimum atomic E-state index is 0.537. The van der Waals surface area contributed by atoms with Crippen LogP contribution in [0.1, 0.15) is 5.56 Å². The highest BCUT2D eigenvalue weighted by Crippen LogP contribution is 2.38. The molecular formula is C12H13O3S2. The standard InChI is InChI=1S/C12H13O3S2/c1-13-10-5-8(4-9(17)7-16)6-11(14-2)12(10)15-3/h5-6H,4H2,1-3H3. The average Bonchev–Trinajstić information content (AvgIpc) is 2.37. The molecule has 1 aromatic carbocycles. The molecule has 0 aliphatic carbocycles. The van der Waals surface area contributed by atoms with Crippen molar-refractivity contribution in [1.29, 1.82) is 0 Å². The highest BCUT2D eigenvalue weighted by atomic mass is 32.1. The van der Waals surface area contributed by atoms with Gasteiger partial charge in [-0.15, -0.1) is 0 Å². The van der Waals surface area contributed by atoms with E-state index in [-0.39, 0.29) is 0 Å². The zero-order chi connectivity index (χ0) is 12.8. The summed E-state index contributed by atoms with van der Waals surface area (Å²) in [7, 11) is 4.71. The molecule has 5 heteroatoms. The molecule has 0 bridgehead atoms. The first-order chi connectivity index (χ1) is 8.15. The molecule has 1 aromatic rings. The number of thiocarbonyl (C=S) groups is 2. The Morgan fingerprint density at radius 2 is 1.65 bits per heavy atom. The zero-order valence-electron chi connectivity index (χ0n) is 9.90. The van der Waals surface area contributed by atoms with Gasteiger partial charge in [0.2, 0.25) is 5.75 Å². The van der Waals surface area contributed by atoms with Gasteiger partial charge in [-0.3, -0.25) is 0 Å². The van der Waals surface area contributed by atoms with Crippen molar-refractivity contribution in [2.75, 3.05) is 21.3 Å². The lowest BCUT2D eigenvalue weighted by atomic mass is 10.1. The molecule has 0 atom stereocenters. The highest BCUT2D eigenvalue weighted by molar-refractivity contribution is 7.88. The van der Waals surface area contributed by atoms with Gasteiger partial charge in [-0.2, -0.15) is 0 Å². The van der Waals surface area contributed by atoms with E-state index in [0.29, 0.717) is 28.5 Å². The Balaban J connectivity index is 3.17. The molecule has 0 saturated carbocycles. The summed E-state index contributed by atoms with van der Waals surface area (Å²) < 4.78 is 15.7. The molecular weight excluding hydrogens is 256 g/mol. The highest BCUT2D eigenvalue weighted by Gasteiger charge is 2.13. The second kappa shape index (κ2) is 6.51. The lowest BCUT2D eigenvalue weighted by Gasteiger charge is -2.13. The van der Waals surface area contributed by atoms with Gasteiger partial charge in [-0.05, 0) is 17.7 Å². The van der Waals surface area contributed by atoms with Crippen LogP contribution in [0.15, 0.2) is 12.1 Å². The largest absolute Gasteiger partial charge is 0.493 e. The predicted octanol–water partition coefficient (Wildman–Crippen LogP) is 2.50. The molecule has 0 fully saturated rings. The monoisotopic (exact) mass is 269 g/mol. The van der Waals surface area contributed by atoms with E-state index in [9.17, 15) is 0 Å². The number of benzene rings is 1. The van der Waals surface area contributed by atoms with Gasteiger partial charge in [0, 0.05) is 11.3 Å². The smallest absolute Gasteiger partial charge is 0.203 e. The van der Waals surface area contributed by atoms with Gasteiger partial charge in [-0.25, -0.2) is 0 Å². The molecule has 0 amide bonds. The van der Waals surface area contributed by atoms with Crippen molar-refractivity contribution in [2.24, 2.45) is 0 Å². The van der Waals surface area contributed by atoms with Crippen LogP contribution < -0.4 is 14.2 Å². The van der Waals surface area contributed by atoms with Crippen molar-refractivity contribution < 1.29 is 14.2 Å². The van der Waals surface area contributed by atoms with Gasteiger partial charge >= 0.3 is 0 Å². The lowest BCUT2D eigenvalue weighted by molar-refractivity contribution is 0.324. The SMILES string of the molecule is COc1cc(CC(=S)[C]=S)cc(OC)c1OC. The lowest BCUT2D eigenvalue weighted by Crippen LogP contribution is -2.02. The van der Waals surface area contributed by atoms with E-state index in [1.807, 2.05) is 12.1 Å². The summed E-state index contributed by atoms with van der Waals surface area (Å²) in [6.07, 6.45) is 0.537. The fourth-order valence-electron chi connectivity index (χ4n) is 1.46. The summed E-state index contributed by atoms with van der Waals surface area (Å²) in [5.41, 5.74) is 0.946. The second-order valence-corrected chi connectivity index (χ2v) is 3.93. The summed E-state index contributed by atoms with van der Waals surface area (Å²) >= 11 is 9.70. The molecule has 0 aromatic heterocycles. The van der Waals surface area contributed by atoms with Crippen molar-refractivity contribution in [3.8, 4) is 17.2 Å². The quantitative estimate of drug-likeness (QED) is 0.740. The van der Waals surface area contributed by atoms with Gasteiger partial charge in [0.15, 0.2) is 11.5 Å². The predicted molar refractivity (Wildman–Crippen MR) is 75.0 cm³/mol. The van der Waals surface area contributed by atoms with Crippen molar-refractivity contribution >= 4 is 34.7 Å². The van der Waals surface area contributed by atoms with Crippen LogP contribution in [0.4, 0.5) is 0 Å². The summed E-state index contributed by atoms with van der Waals surface area (Å²) in [6, 6.07) is 3.70. The molecule has 0 heterocycles. The van der Waals surface area contributed by atoms with Crippen LogP contribution >= 0.6 is 24.4 Å². The van der Waals surface area contributed by atoms with Gasteiger partial charge in [-0.1, -0.05) is 24.4 Å². The molecule has 0 N–H and O–H groups in total. The third kappa shape index (κ3) is 3.38. The summed E-state index contributed by atoms with van der Waals surface area (Å²) in [4.78, 5) is 0.578. The summed E-state index contributed by atoms with van der Waals surface area (Å²) in [5.74, 6) is 1.78. The van der Waals surface area contributed by atoms with E-state index in [4.69, 9.17) is 26.4 Å². The van der Waals surface area contributed by atoms with Crippen LogP contribution in [-0.2, 0) is 6.42 Å². The first-order valence-electron chi connectivity index (χ1n) is 4.86. The van der Waals surface area contributed by atoms with Gasteiger partial charge < -0.3 is 14.2 Å². The Morgan fingerprint density at radius 3 is 2.00 bits per heavy atom. The minimum absolute atomic E-state index is 0.537. The van der Waals surface area contributed by atoms with Crippen LogP contribution in [-0.4, -0.2) is 31.6 Å². The Labute approximate surface area is 112 Å². The summed E-state index contributed by atoms with van der Waals surface area (Å²) in [5, 5.41) is 2.52. The topological polar surface area (TPSA) is 27.7 Å². The van der Waals surface area contributed by atoms with E-state index in [1.165, 1.54) is 0 Å². The number of hydrogen-bond donors (Lipinski definition) is 0. The third-order valence-electron chi connectivity index (χ3n) is 2.20. The Morgan fingerprint density at radius 1 is 1.12 bits per heavy atom. The van der Waals surface area contributed by atoms with Gasteiger partial charge in [0.05, 0.1) is 26.7 Å². The Kier molecular flexibility index (Phi) is 5.31. The van der Waals surface area contributed by atoms with E-state index in [2.05, 4.69) is 17.6 Å². The van der Waals surface area contributed by atoms with Crippen LogP contribution in [0.3, 0.4) is 0 Å². The molecule has 0 aliphatic heterocycles. The number of methoxy groups -OCH3 is 3. The normalized spacial score (nSPS) is 9.59. The molecule has 3 nitrogen and oxygen atoms in total. The zero-order valence-corrected chi connectivity index (χ0v) is 11.5. The Hall–Kier alpha value is -1.20. The maximum atomic E-state index is 5.24. The van der Waals surface area contributed by atoms with Crippen LogP contribution in [0.25, 0.3) is 0 Å². The Bertz CT molecular complexity index is 405. The van der Waals surface area contributed by atoms with Crippen molar-refractivity contribution in [3.63, 3.8) is 0 Å². The first kappa shape index (κ1) is 13.9. The molecule has 17 heavy (non-hydrogen) atoms. The maximum absolute atomic E-state index is 5.24. The first-order valence-corrected chi connectivity index (χ1v) is 5.67. The third-order valence-corrected chi connectivity index (χ3v) is 2.83. The van der Waals surface area contributed by atoms with Crippen LogP contribution in [0.5, 0.6) is 17.2 Å². The fourth-order valence-corrected chi connectivity index (χ4v) is 1.70. The number of ether oxygens (including phenoxy) is 3. The molecule has 91 valence electrons. The van der Waals surface area contributed by atoms with E-state index in [0.717, 1.165) is 5.56 Å². The average molecular weight is 269 g/mol. The molecule has 0 aliphatic rings. The van der Waals surface area contributed by atoms with Crippen LogP contribution in [0, 0.1) is 0 Å². The number of hydrogen-bond acceptors (Lipinski definition) is 5. The number of rotatable bonds is 6. The minimum Gasteiger partial charge on any atom is -0.493 e. The molecule has 0 saturated heterocycles. The van der Waals surface area contributed by atoms with Crippen molar-refractivity contribution in [3.05, 3.63) is 17.7 Å². The van der Waals surface area contributed by atoms with E-state index >= 15 is 0 Å². The van der Waals surface area contributed by atoms with E-state index < -0.39 is 0 Å². The second-order valence-electron chi connectivity index (χ2n) is 3.24. The van der Waals surface area contributed by atoms with Gasteiger partial charge in [0.25, 0.3) is 0 Å². The van der Waals surface area contributed by atoms with Gasteiger partial charge in [0.1, 0.15) is 0 Å². The summed E-state index contributed by atoms with van der Waals surface area (Å²) in [6.45, 7) is 0. The van der Waals surface area contributed by atoms with Crippen molar-refractivity contribution in [2.45, 2.75) is 6.42 Å². The molecule has 0 spiro atoms. The maximum Gasteiger partial charge on any atom is 0.203 e. The molecule has 1 rings (SSSR count).